The van der Waals surface area contributed by atoms with Crippen molar-refractivity contribution in [1.29, 1.82) is 5.26 Å². The highest BCUT2D eigenvalue weighted by Crippen LogP contribution is 2.19. The minimum absolute atomic E-state index is 0.465. The summed E-state index contributed by atoms with van der Waals surface area (Å²) in [4.78, 5) is 2.59. The van der Waals surface area contributed by atoms with E-state index >= 15 is 0 Å². The fraction of sp³-hybridized carbons (Fsp3) is 0.611. The third-order valence-electron chi connectivity index (χ3n) is 4.32. The molecule has 1 aliphatic heterocycles. The molecule has 0 aliphatic carbocycles. The lowest BCUT2D eigenvalue weighted by molar-refractivity contribution is 0.158. The Morgan fingerprint density at radius 1 is 1.24 bits per heavy atom. The number of likely N-dealkylation sites (tertiary alicyclic amines) is 1. The summed E-state index contributed by atoms with van der Waals surface area (Å²) in [6.45, 7) is 5.26. The van der Waals surface area contributed by atoms with E-state index in [1.54, 1.807) is 0 Å². The molecule has 21 heavy (non-hydrogen) atoms. The highest BCUT2D eigenvalue weighted by molar-refractivity contribution is 5.28. The van der Waals surface area contributed by atoms with Crippen LogP contribution >= 0.6 is 0 Å². The molecule has 1 aromatic carbocycles. The standard InChI is InChI=1S/C18H26N2O/c1-2-17-6-4-3-5-13-20(17)14-15-21-18-9-7-16(8-10-18)11-12-19/h7-10,17H,2-6,11,13-15H2,1H3. The van der Waals surface area contributed by atoms with Gasteiger partial charge in [-0.05, 0) is 43.5 Å². The molecule has 0 radical (unpaired) electrons. The monoisotopic (exact) mass is 286 g/mol. The van der Waals surface area contributed by atoms with E-state index in [2.05, 4.69) is 17.9 Å². The largest absolute Gasteiger partial charge is 0.492 e. The first-order valence-electron chi connectivity index (χ1n) is 8.16. The molecule has 1 unspecified atom stereocenters. The van der Waals surface area contributed by atoms with Gasteiger partial charge in [-0.1, -0.05) is 31.9 Å². The predicted octanol–water partition coefficient (Wildman–Crippen LogP) is 3.79. The van der Waals surface area contributed by atoms with E-state index in [4.69, 9.17) is 10.00 Å². The van der Waals surface area contributed by atoms with Gasteiger partial charge in [0.1, 0.15) is 12.4 Å². The smallest absolute Gasteiger partial charge is 0.119 e. The van der Waals surface area contributed by atoms with E-state index in [1.807, 2.05) is 24.3 Å². The average molecular weight is 286 g/mol. The normalized spacial score (nSPS) is 19.7. The molecule has 1 fully saturated rings. The second kappa shape index (κ2) is 8.69. The Kier molecular flexibility index (Phi) is 6.56. The molecule has 1 aromatic rings. The fourth-order valence-electron chi connectivity index (χ4n) is 3.07. The van der Waals surface area contributed by atoms with Gasteiger partial charge in [-0.2, -0.15) is 5.26 Å². The molecule has 3 nitrogen and oxygen atoms in total. The van der Waals surface area contributed by atoms with Crippen LogP contribution in [-0.4, -0.2) is 30.6 Å². The molecule has 2 rings (SSSR count). The van der Waals surface area contributed by atoms with Crippen LogP contribution in [0.5, 0.6) is 5.75 Å². The Labute approximate surface area is 128 Å². The van der Waals surface area contributed by atoms with Gasteiger partial charge in [-0.25, -0.2) is 0 Å². The van der Waals surface area contributed by atoms with E-state index in [-0.39, 0.29) is 0 Å². The van der Waals surface area contributed by atoms with Gasteiger partial charge >= 0.3 is 0 Å². The fourth-order valence-corrected chi connectivity index (χ4v) is 3.07. The zero-order chi connectivity index (χ0) is 14.9. The molecule has 0 aromatic heterocycles. The third kappa shape index (κ3) is 5.06. The molecule has 1 aliphatic rings. The van der Waals surface area contributed by atoms with Crippen LogP contribution in [0.3, 0.4) is 0 Å². The molecule has 0 amide bonds. The van der Waals surface area contributed by atoms with Crippen LogP contribution in [-0.2, 0) is 6.42 Å². The molecule has 0 N–H and O–H groups in total. The van der Waals surface area contributed by atoms with Crippen molar-refractivity contribution in [2.45, 2.75) is 51.5 Å². The first-order chi connectivity index (χ1) is 10.3. The van der Waals surface area contributed by atoms with Crippen molar-refractivity contribution in [2.24, 2.45) is 0 Å². The maximum atomic E-state index is 8.66. The number of rotatable bonds is 6. The van der Waals surface area contributed by atoms with Crippen molar-refractivity contribution >= 4 is 0 Å². The lowest BCUT2D eigenvalue weighted by Gasteiger charge is -2.28. The third-order valence-corrected chi connectivity index (χ3v) is 4.32. The van der Waals surface area contributed by atoms with Gasteiger partial charge in [0.25, 0.3) is 0 Å². The summed E-state index contributed by atoms with van der Waals surface area (Å²) >= 11 is 0. The first-order valence-corrected chi connectivity index (χ1v) is 8.16. The molecule has 0 saturated carbocycles. The van der Waals surface area contributed by atoms with E-state index in [9.17, 15) is 0 Å². The van der Waals surface area contributed by atoms with E-state index < -0.39 is 0 Å². The Hall–Kier alpha value is -1.53. The summed E-state index contributed by atoms with van der Waals surface area (Å²) in [5.41, 5.74) is 1.04. The van der Waals surface area contributed by atoms with Gasteiger partial charge in [0.05, 0.1) is 12.5 Å². The number of nitriles is 1. The Bertz CT molecular complexity index is 449. The van der Waals surface area contributed by atoms with Gasteiger partial charge in [0.2, 0.25) is 0 Å². The zero-order valence-electron chi connectivity index (χ0n) is 13.1. The zero-order valence-corrected chi connectivity index (χ0v) is 13.1. The van der Waals surface area contributed by atoms with Crippen LogP contribution in [0.25, 0.3) is 0 Å². The van der Waals surface area contributed by atoms with Crippen molar-refractivity contribution < 1.29 is 4.74 Å². The Morgan fingerprint density at radius 2 is 2.05 bits per heavy atom. The van der Waals surface area contributed by atoms with Gasteiger partial charge in [0, 0.05) is 12.6 Å². The molecule has 1 heterocycles. The van der Waals surface area contributed by atoms with Crippen molar-refractivity contribution in [3.63, 3.8) is 0 Å². The Balaban J connectivity index is 1.78. The molecular weight excluding hydrogens is 260 g/mol. The lowest BCUT2D eigenvalue weighted by atomic mass is 10.1. The molecule has 114 valence electrons. The quantitative estimate of drug-likeness (QED) is 0.798. The van der Waals surface area contributed by atoms with Crippen LogP contribution < -0.4 is 4.74 Å². The summed E-state index contributed by atoms with van der Waals surface area (Å²) in [6.07, 6.45) is 7.10. The van der Waals surface area contributed by atoms with Crippen molar-refractivity contribution in [3.05, 3.63) is 29.8 Å². The summed E-state index contributed by atoms with van der Waals surface area (Å²) in [5.74, 6) is 0.902. The number of nitrogens with zero attached hydrogens (tertiary/aromatic N) is 2. The van der Waals surface area contributed by atoms with Crippen molar-refractivity contribution in [3.8, 4) is 11.8 Å². The number of hydrogen-bond acceptors (Lipinski definition) is 3. The van der Waals surface area contributed by atoms with Crippen molar-refractivity contribution in [2.75, 3.05) is 19.7 Å². The summed E-state index contributed by atoms with van der Waals surface area (Å²) in [7, 11) is 0. The van der Waals surface area contributed by atoms with E-state index in [0.717, 1.165) is 30.5 Å². The van der Waals surface area contributed by atoms with Crippen LogP contribution in [0, 0.1) is 11.3 Å². The number of hydrogen-bond donors (Lipinski definition) is 0. The molecule has 1 atom stereocenters. The number of benzene rings is 1. The molecule has 0 spiro atoms. The van der Waals surface area contributed by atoms with Crippen LogP contribution in [0.15, 0.2) is 24.3 Å². The van der Waals surface area contributed by atoms with E-state index in [0.29, 0.717) is 6.42 Å². The highest BCUT2D eigenvalue weighted by atomic mass is 16.5. The van der Waals surface area contributed by atoms with Crippen LogP contribution in [0.1, 0.15) is 44.6 Å². The van der Waals surface area contributed by atoms with Crippen molar-refractivity contribution in [1.82, 2.24) is 4.90 Å². The number of ether oxygens (including phenoxy) is 1. The maximum Gasteiger partial charge on any atom is 0.119 e. The summed E-state index contributed by atoms with van der Waals surface area (Å²) in [6, 6.07) is 10.8. The second-order valence-corrected chi connectivity index (χ2v) is 5.77. The highest BCUT2D eigenvalue weighted by Gasteiger charge is 2.18. The Morgan fingerprint density at radius 3 is 2.76 bits per heavy atom. The van der Waals surface area contributed by atoms with Crippen LogP contribution in [0.4, 0.5) is 0 Å². The van der Waals surface area contributed by atoms with Gasteiger partial charge < -0.3 is 4.74 Å². The second-order valence-electron chi connectivity index (χ2n) is 5.77. The molecule has 1 saturated heterocycles. The van der Waals surface area contributed by atoms with Gasteiger partial charge in [0.15, 0.2) is 0 Å². The molecular formula is C18H26N2O. The topological polar surface area (TPSA) is 36.3 Å². The van der Waals surface area contributed by atoms with E-state index in [1.165, 1.54) is 38.6 Å². The molecule has 0 bridgehead atoms. The lowest BCUT2D eigenvalue weighted by Crippen LogP contribution is -2.37. The van der Waals surface area contributed by atoms with Gasteiger partial charge in [-0.3, -0.25) is 4.90 Å². The predicted molar refractivity (Wildman–Crippen MR) is 85.4 cm³/mol. The maximum absolute atomic E-state index is 8.66. The average Bonchev–Trinajstić information content (AvgIpc) is 2.74. The minimum atomic E-state index is 0.465. The van der Waals surface area contributed by atoms with Crippen LogP contribution in [0.2, 0.25) is 0 Å². The first kappa shape index (κ1) is 15.9. The summed E-state index contributed by atoms with van der Waals surface area (Å²) in [5, 5.41) is 8.66. The van der Waals surface area contributed by atoms with Gasteiger partial charge in [-0.15, -0.1) is 0 Å². The molecule has 3 heteroatoms. The summed E-state index contributed by atoms with van der Waals surface area (Å²) < 4.78 is 5.85. The minimum Gasteiger partial charge on any atom is -0.492 e. The SMILES string of the molecule is CCC1CCCCCN1CCOc1ccc(CC#N)cc1.